The monoisotopic (exact) mass is 354 g/mol. The van der Waals surface area contributed by atoms with Gasteiger partial charge in [0.2, 0.25) is 0 Å². The second kappa shape index (κ2) is 8.13. The molecule has 17 heavy (non-hydrogen) atoms. The SMILES string of the molecule is CN=C(NCC(C)N(C)C1CC1)NC(C)C.I. The fourth-order valence-electron chi connectivity index (χ4n) is 1.70. The summed E-state index contributed by atoms with van der Waals surface area (Å²) in [5, 5.41) is 6.65. The van der Waals surface area contributed by atoms with Crippen LogP contribution in [0.25, 0.3) is 0 Å². The molecule has 4 nitrogen and oxygen atoms in total. The molecule has 102 valence electrons. The molecule has 1 fully saturated rings. The molecule has 2 N–H and O–H groups in total. The Hall–Kier alpha value is -0.0400. The van der Waals surface area contributed by atoms with E-state index in [0.717, 1.165) is 18.5 Å². The minimum absolute atomic E-state index is 0. The summed E-state index contributed by atoms with van der Waals surface area (Å²) in [6.07, 6.45) is 2.72. The predicted octanol–water partition coefficient (Wildman–Crippen LogP) is 1.66. The Morgan fingerprint density at radius 3 is 2.35 bits per heavy atom. The van der Waals surface area contributed by atoms with Crippen LogP contribution < -0.4 is 10.6 Å². The second-order valence-corrected chi connectivity index (χ2v) is 5.00. The second-order valence-electron chi connectivity index (χ2n) is 5.00. The molecule has 0 heterocycles. The topological polar surface area (TPSA) is 39.7 Å². The highest BCUT2D eigenvalue weighted by Crippen LogP contribution is 2.26. The fourth-order valence-corrected chi connectivity index (χ4v) is 1.70. The standard InChI is InChI=1S/C12H26N4.HI/c1-9(2)15-12(13-4)14-8-10(3)16(5)11-6-7-11;/h9-11H,6-8H2,1-5H3,(H2,13,14,15);1H. The van der Waals surface area contributed by atoms with E-state index in [1.165, 1.54) is 12.8 Å². The lowest BCUT2D eigenvalue weighted by atomic mass is 10.3. The van der Waals surface area contributed by atoms with Crippen molar-refractivity contribution in [1.82, 2.24) is 15.5 Å². The molecular formula is C12H27IN4. The van der Waals surface area contributed by atoms with E-state index in [9.17, 15) is 0 Å². The van der Waals surface area contributed by atoms with Gasteiger partial charge < -0.3 is 10.6 Å². The van der Waals surface area contributed by atoms with Gasteiger partial charge >= 0.3 is 0 Å². The number of guanidine groups is 1. The van der Waals surface area contributed by atoms with Crippen molar-refractivity contribution in [3.8, 4) is 0 Å². The van der Waals surface area contributed by atoms with Crippen LogP contribution in [0.5, 0.6) is 0 Å². The lowest BCUT2D eigenvalue weighted by molar-refractivity contribution is 0.247. The molecule has 5 heteroatoms. The number of rotatable bonds is 5. The molecule has 0 bridgehead atoms. The van der Waals surface area contributed by atoms with Crippen molar-refractivity contribution in [1.29, 1.82) is 0 Å². The highest BCUT2D eigenvalue weighted by molar-refractivity contribution is 14.0. The summed E-state index contributed by atoms with van der Waals surface area (Å²) in [5.41, 5.74) is 0. The van der Waals surface area contributed by atoms with Crippen LogP contribution in [0.3, 0.4) is 0 Å². The Morgan fingerprint density at radius 2 is 1.94 bits per heavy atom. The van der Waals surface area contributed by atoms with E-state index in [2.05, 4.69) is 48.3 Å². The number of nitrogens with zero attached hydrogens (tertiary/aromatic N) is 2. The first-order valence-electron chi connectivity index (χ1n) is 6.23. The zero-order valence-electron chi connectivity index (χ0n) is 11.7. The largest absolute Gasteiger partial charge is 0.355 e. The Kier molecular flexibility index (Phi) is 8.11. The summed E-state index contributed by atoms with van der Waals surface area (Å²) in [6.45, 7) is 7.44. The molecule has 1 unspecified atom stereocenters. The normalized spacial score (nSPS) is 17.9. The van der Waals surface area contributed by atoms with E-state index < -0.39 is 0 Å². The molecular weight excluding hydrogens is 327 g/mol. The molecule has 0 aromatic carbocycles. The molecule has 0 radical (unpaired) electrons. The minimum atomic E-state index is 0. The molecule has 1 saturated carbocycles. The maximum absolute atomic E-state index is 4.20. The van der Waals surface area contributed by atoms with Gasteiger partial charge in [-0.15, -0.1) is 24.0 Å². The fraction of sp³-hybridized carbons (Fsp3) is 0.917. The Labute approximate surface area is 123 Å². The van der Waals surface area contributed by atoms with Crippen molar-refractivity contribution < 1.29 is 0 Å². The lowest BCUT2D eigenvalue weighted by Gasteiger charge is -2.25. The predicted molar refractivity (Wildman–Crippen MR) is 85.3 cm³/mol. The summed E-state index contributed by atoms with van der Waals surface area (Å²) in [4.78, 5) is 6.65. The summed E-state index contributed by atoms with van der Waals surface area (Å²) in [7, 11) is 4.02. The third-order valence-electron chi connectivity index (χ3n) is 3.03. The lowest BCUT2D eigenvalue weighted by Crippen LogP contribution is -2.47. The maximum Gasteiger partial charge on any atom is 0.191 e. The average molecular weight is 354 g/mol. The van der Waals surface area contributed by atoms with Crippen molar-refractivity contribution in [2.24, 2.45) is 4.99 Å². The van der Waals surface area contributed by atoms with Gasteiger partial charge in [-0.2, -0.15) is 0 Å². The van der Waals surface area contributed by atoms with Crippen molar-refractivity contribution in [3.05, 3.63) is 0 Å². The molecule has 0 spiro atoms. The van der Waals surface area contributed by atoms with E-state index in [-0.39, 0.29) is 24.0 Å². The van der Waals surface area contributed by atoms with Crippen LogP contribution in [-0.4, -0.2) is 49.6 Å². The van der Waals surface area contributed by atoms with Crippen molar-refractivity contribution in [2.45, 2.75) is 51.7 Å². The average Bonchev–Trinajstić information content (AvgIpc) is 3.05. The first-order chi connectivity index (χ1) is 7.54. The molecule has 0 amide bonds. The molecule has 1 aliphatic carbocycles. The Balaban J connectivity index is 0.00000256. The maximum atomic E-state index is 4.20. The quantitative estimate of drug-likeness (QED) is 0.448. The molecule has 0 aromatic rings. The van der Waals surface area contributed by atoms with Gasteiger partial charge in [-0.3, -0.25) is 9.89 Å². The zero-order chi connectivity index (χ0) is 12.1. The molecule has 0 aromatic heterocycles. The number of aliphatic imine (C=N–C) groups is 1. The van der Waals surface area contributed by atoms with Crippen LogP contribution in [-0.2, 0) is 0 Å². The molecule has 1 aliphatic rings. The number of hydrogen-bond acceptors (Lipinski definition) is 2. The molecule has 0 saturated heterocycles. The number of hydrogen-bond donors (Lipinski definition) is 2. The van der Waals surface area contributed by atoms with E-state index in [4.69, 9.17) is 0 Å². The highest BCUT2D eigenvalue weighted by Gasteiger charge is 2.28. The van der Waals surface area contributed by atoms with Gasteiger partial charge in [-0.05, 0) is 40.7 Å². The number of likely N-dealkylation sites (N-methyl/N-ethyl adjacent to an activating group) is 1. The van der Waals surface area contributed by atoms with Crippen LogP contribution in [0, 0.1) is 0 Å². The van der Waals surface area contributed by atoms with Crippen LogP contribution in [0.2, 0.25) is 0 Å². The zero-order valence-corrected chi connectivity index (χ0v) is 14.0. The molecule has 1 atom stereocenters. The summed E-state index contributed by atoms with van der Waals surface area (Å²) in [6, 6.07) is 1.79. The van der Waals surface area contributed by atoms with Crippen LogP contribution in [0.1, 0.15) is 33.6 Å². The van der Waals surface area contributed by atoms with E-state index >= 15 is 0 Å². The van der Waals surface area contributed by atoms with Crippen LogP contribution >= 0.6 is 24.0 Å². The van der Waals surface area contributed by atoms with E-state index in [1.54, 1.807) is 0 Å². The van der Waals surface area contributed by atoms with E-state index in [0.29, 0.717) is 12.1 Å². The summed E-state index contributed by atoms with van der Waals surface area (Å²) >= 11 is 0. The summed E-state index contributed by atoms with van der Waals surface area (Å²) in [5.74, 6) is 0.894. The third-order valence-corrected chi connectivity index (χ3v) is 3.03. The first-order valence-corrected chi connectivity index (χ1v) is 6.23. The molecule has 0 aliphatic heterocycles. The summed E-state index contributed by atoms with van der Waals surface area (Å²) < 4.78 is 0. The van der Waals surface area contributed by atoms with Gasteiger partial charge in [0, 0.05) is 31.7 Å². The van der Waals surface area contributed by atoms with Crippen LogP contribution in [0.15, 0.2) is 4.99 Å². The smallest absolute Gasteiger partial charge is 0.191 e. The van der Waals surface area contributed by atoms with Gasteiger partial charge in [-0.1, -0.05) is 0 Å². The van der Waals surface area contributed by atoms with Gasteiger partial charge in [0.15, 0.2) is 5.96 Å². The van der Waals surface area contributed by atoms with Crippen molar-refractivity contribution >= 4 is 29.9 Å². The third kappa shape index (κ3) is 6.45. The van der Waals surface area contributed by atoms with Crippen molar-refractivity contribution in [3.63, 3.8) is 0 Å². The number of nitrogens with one attached hydrogen (secondary N) is 2. The molecule has 1 rings (SSSR count). The van der Waals surface area contributed by atoms with Crippen molar-refractivity contribution in [2.75, 3.05) is 20.6 Å². The van der Waals surface area contributed by atoms with Gasteiger partial charge in [0.25, 0.3) is 0 Å². The highest BCUT2D eigenvalue weighted by atomic mass is 127. The first kappa shape index (κ1) is 17.0. The minimum Gasteiger partial charge on any atom is -0.355 e. The van der Waals surface area contributed by atoms with E-state index in [1.807, 2.05) is 7.05 Å². The Bertz CT molecular complexity index is 239. The Morgan fingerprint density at radius 1 is 1.35 bits per heavy atom. The van der Waals surface area contributed by atoms with Gasteiger partial charge in [0.05, 0.1) is 0 Å². The van der Waals surface area contributed by atoms with Gasteiger partial charge in [0.1, 0.15) is 0 Å². The van der Waals surface area contributed by atoms with Gasteiger partial charge in [-0.25, -0.2) is 0 Å². The number of halogens is 1. The van der Waals surface area contributed by atoms with Crippen LogP contribution in [0.4, 0.5) is 0 Å².